The van der Waals surface area contributed by atoms with Crippen LogP contribution in [0.4, 0.5) is 0 Å². The van der Waals surface area contributed by atoms with Crippen LogP contribution in [-0.2, 0) is 6.54 Å². The molecule has 2 heterocycles. The van der Waals surface area contributed by atoms with E-state index in [9.17, 15) is 0 Å². The maximum absolute atomic E-state index is 6.40. The van der Waals surface area contributed by atoms with E-state index in [1.54, 1.807) is 6.20 Å². The molecule has 0 unspecified atom stereocenters. The molecule has 0 bridgehead atoms. The molecule has 0 N–H and O–H groups in total. The van der Waals surface area contributed by atoms with E-state index in [-0.39, 0.29) is 0 Å². The Morgan fingerprint density at radius 2 is 1.86 bits per heavy atom. The van der Waals surface area contributed by atoms with E-state index in [0.717, 1.165) is 37.1 Å². The smallest absolute Gasteiger partial charge is 0.180 e. The topological polar surface area (TPSA) is 43.6 Å². The number of nitrogens with zero attached hydrogens (tertiary/aromatic N) is 4. The van der Waals surface area contributed by atoms with Crippen molar-refractivity contribution in [2.75, 3.05) is 0 Å². The van der Waals surface area contributed by atoms with Gasteiger partial charge in [0.2, 0.25) is 0 Å². The summed E-state index contributed by atoms with van der Waals surface area (Å²) in [7, 11) is 0. The first kappa shape index (κ1) is 14.8. The van der Waals surface area contributed by atoms with Crippen LogP contribution >= 0.6 is 23.2 Å². The molecule has 0 aromatic carbocycles. The molecule has 112 valence electrons. The third-order valence-corrected chi connectivity index (χ3v) is 4.57. The predicted molar refractivity (Wildman–Crippen MR) is 84.8 cm³/mol. The molecule has 4 nitrogen and oxygen atoms in total. The summed E-state index contributed by atoms with van der Waals surface area (Å²) >= 11 is 12.8. The van der Waals surface area contributed by atoms with Gasteiger partial charge in [0.25, 0.3) is 0 Å². The molecule has 1 aliphatic carbocycles. The van der Waals surface area contributed by atoms with Gasteiger partial charge in [-0.15, -0.1) is 0 Å². The highest BCUT2D eigenvalue weighted by Crippen LogP contribution is 2.40. The van der Waals surface area contributed by atoms with Gasteiger partial charge in [-0.1, -0.05) is 43.0 Å². The van der Waals surface area contributed by atoms with Gasteiger partial charge in [0.15, 0.2) is 5.82 Å². The molecule has 0 saturated heterocycles. The van der Waals surface area contributed by atoms with Crippen molar-refractivity contribution in [1.29, 1.82) is 0 Å². The number of aromatic nitrogens is 4. The quantitative estimate of drug-likeness (QED) is 0.764. The fourth-order valence-electron chi connectivity index (χ4n) is 3.00. The highest BCUT2D eigenvalue weighted by molar-refractivity contribution is 6.34. The van der Waals surface area contributed by atoms with Crippen LogP contribution in [0, 0.1) is 0 Å². The van der Waals surface area contributed by atoms with Crippen molar-refractivity contribution in [3.05, 3.63) is 28.1 Å². The Kier molecular flexibility index (Phi) is 4.45. The number of aryl methyl sites for hydroxylation is 1. The van der Waals surface area contributed by atoms with E-state index >= 15 is 0 Å². The largest absolute Gasteiger partial charge is 0.262 e. The summed E-state index contributed by atoms with van der Waals surface area (Å²) in [5, 5.41) is 5.27. The van der Waals surface area contributed by atoms with Crippen LogP contribution in [0.5, 0.6) is 0 Å². The SMILES string of the molecule is CCCn1nccc1-c1nc(Cl)c(C2CCCC2)c(Cl)n1. The molecular formula is C15H18Cl2N4. The normalized spacial score (nSPS) is 15.8. The zero-order chi connectivity index (χ0) is 14.8. The van der Waals surface area contributed by atoms with E-state index < -0.39 is 0 Å². The predicted octanol–water partition coefficient (Wildman–Crippen LogP) is 4.71. The Balaban J connectivity index is 1.99. The van der Waals surface area contributed by atoms with Gasteiger partial charge in [-0.3, -0.25) is 4.68 Å². The van der Waals surface area contributed by atoms with Crippen molar-refractivity contribution in [3.8, 4) is 11.5 Å². The van der Waals surface area contributed by atoms with E-state index in [4.69, 9.17) is 23.2 Å². The number of rotatable bonds is 4. The minimum absolute atomic E-state index is 0.402. The molecule has 0 aliphatic heterocycles. The highest BCUT2D eigenvalue weighted by atomic mass is 35.5. The first-order valence-electron chi connectivity index (χ1n) is 7.45. The second-order valence-corrected chi connectivity index (χ2v) is 6.18. The van der Waals surface area contributed by atoms with Crippen molar-refractivity contribution >= 4 is 23.2 Å². The van der Waals surface area contributed by atoms with Crippen LogP contribution in [0.2, 0.25) is 10.3 Å². The standard InChI is InChI=1S/C15H18Cl2N4/c1-2-9-21-11(7-8-18-21)15-19-13(16)12(14(17)20-15)10-5-3-4-6-10/h7-8,10H,2-6,9H2,1H3. The van der Waals surface area contributed by atoms with Crippen LogP contribution in [0.3, 0.4) is 0 Å². The summed E-state index contributed by atoms with van der Waals surface area (Å²) in [6.07, 6.45) is 7.44. The average Bonchev–Trinajstić information content (AvgIpc) is 3.09. The van der Waals surface area contributed by atoms with E-state index in [2.05, 4.69) is 22.0 Å². The van der Waals surface area contributed by atoms with E-state index in [1.807, 2.05) is 10.7 Å². The fraction of sp³-hybridized carbons (Fsp3) is 0.533. The molecule has 0 radical (unpaired) electrons. The lowest BCUT2D eigenvalue weighted by atomic mass is 10.0. The molecule has 3 rings (SSSR count). The van der Waals surface area contributed by atoms with Crippen molar-refractivity contribution in [2.24, 2.45) is 0 Å². The first-order chi connectivity index (χ1) is 10.2. The van der Waals surface area contributed by atoms with Crippen molar-refractivity contribution in [2.45, 2.75) is 51.5 Å². The summed E-state index contributed by atoms with van der Waals surface area (Å²) < 4.78 is 1.89. The molecule has 21 heavy (non-hydrogen) atoms. The van der Waals surface area contributed by atoms with Crippen LogP contribution in [0.15, 0.2) is 12.3 Å². The third-order valence-electron chi connectivity index (χ3n) is 4.00. The van der Waals surface area contributed by atoms with Crippen LogP contribution in [0.25, 0.3) is 11.5 Å². The molecule has 0 atom stereocenters. The molecule has 1 aliphatic rings. The van der Waals surface area contributed by atoms with Crippen molar-refractivity contribution in [3.63, 3.8) is 0 Å². The van der Waals surface area contributed by atoms with Crippen LogP contribution in [-0.4, -0.2) is 19.7 Å². The first-order valence-corrected chi connectivity index (χ1v) is 8.21. The number of halogens is 2. The monoisotopic (exact) mass is 324 g/mol. The van der Waals surface area contributed by atoms with Gasteiger partial charge in [0.1, 0.15) is 16.0 Å². The molecule has 2 aromatic rings. The fourth-order valence-corrected chi connectivity index (χ4v) is 3.69. The van der Waals surface area contributed by atoms with Crippen LogP contribution in [0.1, 0.15) is 50.5 Å². The minimum atomic E-state index is 0.402. The molecule has 1 fully saturated rings. The molecular weight excluding hydrogens is 307 g/mol. The molecule has 1 saturated carbocycles. The number of hydrogen-bond donors (Lipinski definition) is 0. The summed E-state index contributed by atoms with van der Waals surface area (Å²) in [6, 6.07) is 1.90. The highest BCUT2D eigenvalue weighted by Gasteiger charge is 2.25. The summed E-state index contributed by atoms with van der Waals surface area (Å²) in [5.41, 5.74) is 1.78. The molecule has 0 amide bonds. The minimum Gasteiger partial charge on any atom is -0.262 e. The molecule has 6 heteroatoms. The van der Waals surface area contributed by atoms with Gasteiger partial charge in [0, 0.05) is 18.3 Å². The zero-order valence-electron chi connectivity index (χ0n) is 12.0. The van der Waals surface area contributed by atoms with Crippen molar-refractivity contribution in [1.82, 2.24) is 19.7 Å². The molecule has 0 spiro atoms. The Labute approximate surface area is 134 Å². The van der Waals surface area contributed by atoms with Crippen molar-refractivity contribution < 1.29 is 0 Å². The lowest BCUT2D eigenvalue weighted by Crippen LogP contribution is -2.06. The lowest BCUT2D eigenvalue weighted by molar-refractivity contribution is 0.606. The zero-order valence-corrected chi connectivity index (χ0v) is 13.5. The van der Waals surface area contributed by atoms with Crippen LogP contribution < -0.4 is 0 Å². The maximum Gasteiger partial charge on any atom is 0.180 e. The van der Waals surface area contributed by atoms with Gasteiger partial charge >= 0.3 is 0 Å². The van der Waals surface area contributed by atoms with Gasteiger partial charge in [-0.25, -0.2) is 9.97 Å². The summed E-state index contributed by atoms with van der Waals surface area (Å²) in [4.78, 5) is 8.95. The Morgan fingerprint density at radius 1 is 1.19 bits per heavy atom. The summed E-state index contributed by atoms with van der Waals surface area (Å²) in [6.45, 7) is 2.93. The molecule has 2 aromatic heterocycles. The van der Waals surface area contributed by atoms with Gasteiger partial charge in [-0.05, 0) is 31.2 Å². The number of hydrogen-bond acceptors (Lipinski definition) is 3. The Morgan fingerprint density at radius 3 is 2.48 bits per heavy atom. The van der Waals surface area contributed by atoms with Gasteiger partial charge in [-0.2, -0.15) is 5.10 Å². The second-order valence-electron chi connectivity index (χ2n) is 5.46. The Hall–Kier alpha value is -1.13. The van der Waals surface area contributed by atoms with E-state index in [1.165, 1.54) is 12.8 Å². The van der Waals surface area contributed by atoms with Gasteiger partial charge in [0.05, 0.1) is 0 Å². The Bertz CT molecular complexity index is 609. The average molecular weight is 325 g/mol. The second kappa shape index (κ2) is 6.32. The lowest BCUT2D eigenvalue weighted by Gasteiger charge is -2.14. The third kappa shape index (κ3) is 2.92. The maximum atomic E-state index is 6.40. The van der Waals surface area contributed by atoms with E-state index in [0.29, 0.717) is 22.0 Å². The van der Waals surface area contributed by atoms with Gasteiger partial charge < -0.3 is 0 Å². The summed E-state index contributed by atoms with van der Waals surface area (Å²) in [5.74, 6) is 0.956.